The number of amidine groups is 1. The van der Waals surface area contributed by atoms with Gasteiger partial charge in [0.15, 0.2) is 5.71 Å². The molecule has 0 aromatic heterocycles. The third kappa shape index (κ3) is 11.9. The fourth-order valence-corrected chi connectivity index (χ4v) is 10.6. The van der Waals surface area contributed by atoms with Gasteiger partial charge in [-0.15, -0.1) is 0 Å². The molecule has 0 atom stereocenters. The second-order valence-electron chi connectivity index (χ2n) is 17.6. The Morgan fingerprint density at radius 1 is 0.862 bits per heavy atom. The van der Waals surface area contributed by atoms with Crippen LogP contribution in [-0.4, -0.2) is 103 Å². The van der Waals surface area contributed by atoms with Crippen molar-refractivity contribution in [2.24, 2.45) is 10.4 Å². The van der Waals surface area contributed by atoms with Crippen molar-refractivity contribution in [3.05, 3.63) is 118 Å². The van der Waals surface area contributed by atoms with Crippen molar-refractivity contribution in [2.45, 2.75) is 83.5 Å². The molecule has 3 heterocycles. The van der Waals surface area contributed by atoms with Gasteiger partial charge in [0.2, 0.25) is 5.69 Å². The monoisotopic (exact) mass is 970 g/mol. The molecule has 0 aliphatic carbocycles. The Bertz CT molecular complexity index is 2930. The smallest absolute Gasteiger partial charge is 0.294 e. The van der Waals surface area contributed by atoms with Crippen LogP contribution >= 0.6 is 11.6 Å². The molecule has 0 unspecified atom stereocenters. The molecule has 0 radical (unpaired) electrons. The summed E-state index contributed by atoms with van der Waals surface area (Å²) in [5.74, 6) is 0.571. The Kier molecular flexibility index (Phi) is 15.2. The van der Waals surface area contributed by atoms with Gasteiger partial charge in [0.25, 0.3) is 30.4 Å². The third-order valence-corrected chi connectivity index (χ3v) is 14.6. The van der Waals surface area contributed by atoms with Gasteiger partial charge >= 0.3 is 0 Å². The first-order valence-electron chi connectivity index (χ1n) is 21.4. The first-order valence-corrected chi connectivity index (χ1v) is 26.4. The van der Waals surface area contributed by atoms with E-state index in [9.17, 15) is 44.0 Å². The first-order chi connectivity index (χ1) is 30.4. The van der Waals surface area contributed by atoms with Crippen LogP contribution in [-0.2, 0) is 35.8 Å². The molecule has 0 bridgehead atoms. The Balaban J connectivity index is 1.47. The average molecular weight is 972 g/mol. The molecule has 350 valence electrons. The molecule has 3 aromatic carbocycles. The number of benzene rings is 3. The van der Waals surface area contributed by atoms with Crippen molar-refractivity contribution >= 4 is 75.5 Å². The molecule has 65 heavy (non-hydrogen) atoms. The number of aliphatic hydroxyl groups is 1. The van der Waals surface area contributed by atoms with E-state index >= 15 is 0 Å². The molecule has 3 aliphatic rings. The number of hydrogen-bond donors (Lipinski definition) is 4. The maximum absolute atomic E-state index is 12.5. The van der Waals surface area contributed by atoms with Crippen molar-refractivity contribution in [3.8, 4) is 5.75 Å². The number of hydrogen-bond acceptors (Lipinski definition) is 10. The summed E-state index contributed by atoms with van der Waals surface area (Å²) in [4.78, 5) is 6.76. The number of ether oxygens (including phenoxy) is 1. The fourth-order valence-electron chi connectivity index (χ4n) is 8.61. The van der Waals surface area contributed by atoms with Crippen LogP contribution in [0.5, 0.6) is 5.75 Å². The fraction of sp³-hybridized carbons (Fsp3) is 0.404. The van der Waals surface area contributed by atoms with Gasteiger partial charge in [-0.05, 0) is 129 Å². The molecule has 0 saturated heterocycles. The highest BCUT2D eigenvalue weighted by Crippen LogP contribution is 2.47. The van der Waals surface area contributed by atoms with Crippen molar-refractivity contribution in [1.82, 2.24) is 4.90 Å². The summed E-state index contributed by atoms with van der Waals surface area (Å²) < 4.78 is 108. The largest absolute Gasteiger partial charge is 0.494 e. The average Bonchev–Trinajstić information content (AvgIpc) is 3.59. The predicted octanol–water partition coefficient (Wildman–Crippen LogP) is 8.54. The molecule has 6 rings (SSSR count). The summed E-state index contributed by atoms with van der Waals surface area (Å²) in [6.07, 6.45) is 14.1. The molecule has 3 aliphatic heterocycles. The lowest BCUT2D eigenvalue weighted by molar-refractivity contribution is -0.438. The highest BCUT2D eigenvalue weighted by atomic mass is 35.5. The molecule has 0 amide bonds. The number of aliphatic imine (C=N–C) groups is 1. The molecule has 14 nitrogen and oxygen atoms in total. The number of aliphatic hydroxyl groups excluding tert-OH is 1. The summed E-state index contributed by atoms with van der Waals surface area (Å²) in [5, 5.41) is 11.3. The third-order valence-electron chi connectivity index (χ3n) is 12.0. The van der Waals surface area contributed by atoms with Gasteiger partial charge in [-0.25, -0.2) is 4.99 Å². The summed E-state index contributed by atoms with van der Waals surface area (Å²) in [6.45, 7) is 11.2. The van der Waals surface area contributed by atoms with Crippen LogP contribution in [0.3, 0.4) is 0 Å². The van der Waals surface area contributed by atoms with Gasteiger partial charge in [-0.2, -0.15) is 29.8 Å². The van der Waals surface area contributed by atoms with Crippen LogP contribution in [0.25, 0.3) is 16.3 Å². The number of nitrogens with zero attached hydrogens (tertiary/aromatic N) is 3. The Hall–Kier alpha value is -4.46. The van der Waals surface area contributed by atoms with Crippen LogP contribution < -0.4 is 4.74 Å². The van der Waals surface area contributed by atoms with Crippen LogP contribution in [0.15, 0.2) is 111 Å². The van der Waals surface area contributed by atoms with Crippen LogP contribution in [0, 0.1) is 12.3 Å². The van der Waals surface area contributed by atoms with Crippen LogP contribution in [0.2, 0.25) is 0 Å². The van der Waals surface area contributed by atoms with E-state index in [-0.39, 0.29) is 30.1 Å². The number of unbranched alkanes of at least 4 members (excludes halogenated alkanes) is 3. The van der Waals surface area contributed by atoms with Gasteiger partial charge in [-0.3, -0.25) is 13.7 Å². The quantitative estimate of drug-likeness (QED) is 0.0363. The van der Waals surface area contributed by atoms with Crippen molar-refractivity contribution in [2.75, 3.05) is 37.8 Å². The lowest BCUT2D eigenvalue weighted by Crippen LogP contribution is -2.32. The maximum atomic E-state index is 12.5. The van der Waals surface area contributed by atoms with Crippen LogP contribution in [0.1, 0.15) is 82.9 Å². The highest BCUT2D eigenvalue weighted by Gasteiger charge is 2.46. The van der Waals surface area contributed by atoms with Crippen molar-refractivity contribution in [1.29, 1.82) is 0 Å². The second kappa shape index (κ2) is 19.8. The SMILES string of the molecule is Cc1cc(S(=O)(=O)O)cc2c3c(ccc12)[N+](CCCCS(=O)(=O)O)=C(/C=C/C(=C/C=C1/N=C2C(=CC(Cl)=CN2CCCCS(=O)(=O)O)C1(C)C)c1cccc(OCCCCO)c1)C3(C)C. The molecule has 0 saturated carbocycles. The van der Waals surface area contributed by atoms with Gasteiger partial charge < -0.3 is 14.7 Å². The minimum absolute atomic E-state index is 0.0645. The van der Waals surface area contributed by atoms with Gasteiger partial charge in [-0.1, -0.05) is 43.7 Å². The Morgan fingerprint density at radius 3 is 2.25 bits per heavy atom. The number of rotatable bonds is 20. The molecular weight excluding hydrogens is 914 g/mol. The minimum atomic E-state index is -4.54. The minimum Gasteiger partial charge on any atom is -0.494 e. The molecule has 0 spiro atoms. The van der Waals surface area contributed by atoms with E-state index in [4.69, 9.17) is 21.3 Å². The van der Waals surface area contributed by atoms with Crippen LogP contribution in [0.4, 0.5) is 5.69 Å². The van der Waals surface area contributed by atoms with Gasteiger partial charge in [0.1, 0.15) is 18.1 Å². The molecular formula is C47H57ClN3O11S3+. The lowest BCUT2D eigenvalue weighted by atomic mass is 9.78. The maximum Gasteiger partial charge on any atom is 0.294 e. The van der Waals surface area contributed by atoms with E-state index in [1.165, 1.54) is 12.1 Å². The van der Waals surface area contributed by atoms with E-state index < -0.39 is 46.9 Å². The summed E-state index contributed by atoms with van der Waals surface area (Å²) in [7, 11) is -12.8. The summed E-state index contributed by atoms with van der Waals surface area (Å²) in [5.41, 5.74) is 5.00. The van der Waals surface area contributed by atoms with E-state index in [1.807, 2.05) is 99.4 Å². The lowest BCUT2D eigenvalue weighted by Gasteiger charge is -2.29. The standard InChI is InChI=1S/C47H56ClN3O11S3/c1-32-27-37(65(59,60)61)30-39-38(32)17-18-41-44(39)47(4,5)43(51(41)22-7-11-26-64(56,57)58)20-16-33(34-13-12-14-36(28-34)62-24-9-8-23-52)15-19-42-46(2,3)40-29-35(48)31-50(45(40)49-42)21-6-10-25-63(53,54)55/h12-20,27-31,52H,6-11,21-26H2,1-5H3,(H2-,53,54,55,56,57,58,59,60,61)/p+1. The predicted molar refractivity (Wildman–Crippen MR) is 256 cm³/mol. The topological polar surface area (TPSA) is 211 Å². The zero-order valence-electron chi connectivity index (χ0n) is 37.2. The van der Waals surface area contributed by atoms with E-state index in [0.717, 1.165) is 44.8 Å². The zero-order chi connectivity index (χ0) is 47.5. The van der Waals surface area contributed by atoms with Gasteiger partial charge in [0, 0.05) is 54.5 Å². The highest BCUT2D eigenvalue weighted by molar-refractivity contribution is 7.86. The van der Waals surface area contributed by atoms with Crippen molar-refractivity contribution < 1.29 is 53.3 Å². The second-order valence-corrected chi connectivity index (χ2v) is 22.6. The molecule has 3 aromatic rings. The number of fused-ring (bicyclic) bond motifs is 4. The van der Waals surface area contributed by atoms with E-state index in [2.05, 4.69) is 4.58 Å². The number of allylic oxidation sites excluding steroid dienone is 8. The first kappa shape index (κ1) is 50.0. The Labute approximate surface area is 387 Å². The Morgan fingerprint density at radius 2 is 1.57 bits per heavy atom. The van der Waals surface area contributed by atoms with Crippen molar-refractivity contribution in [3.63, 3.8) is 0 Å². The normalized spacial score (nSPS) is 18.1. The number of halogens is 1. The van der Waals surface area contributed by atoms with E-state index in [1.54, 1.807) is 13.1 Å². The summed E-state index contributed by atoms with van der Waals surface area (Å²) in [6, 6.07) is 14.5. The van der Waals surface area contributed by atoms with Gasteiger partial charge in [0.05, 0.1) is 39.2 Å². The van der Waals surface area contributed by atoms with E-state index in [0.29, 0.717) is 72.9 Å². The number of aryl methyl sites for hydroxylation is 1. The zero-order valence-corrected chi connectivity index (χ0v) is 40.4. The molecule has 18 heteroatoms. The molecule has 0 fully saturated rings. The molecule has 4 N–H and O–H groups in total. The summed E-state index contributed by atoms with van der Waals surface area (Å²) >= 11 is 6.62.